The van der Waals surface area contributed by atoms with E-state index in [-0.39, 0.29) is 18.3 Å². The number of nitrogens with one attached hydrogen (secondary N) is 3. The van der Waals surface area contributed by atoms with Crippen molar-refractivity contribution in [2.75, 3.05) is 39.3 Å². The van der Waals surface area contributed by atoms with Gasteiger partial charge in [0.05, 0.1) is 18.3 Å². The molecule has 0 unspecified atom stereocenters. The van der Waals surface area contributed by atoms with E-state index in [0.717, 1.165) is 77.8 Å². The summed E-state index contributed by atoms with van der Waals surface area (Å²) in [5.41, 5.74) is 0. The summed E-state index contributed by atoms with van der Waals surface area (Å²) in [5, 5.41) is 9.89. The van der Waals surface area contributed by atoms with Gasteiger partial charge in [-0.1, -0.05) is 0 Å². The molecule has 23 heavy (non-hydrogen) atoms. The van der Waals surface area contributed by atoms with Crippen molar-refractivity contribution in [2.24, 2.45) is 0 Å². The molecule has 0 spiro atoms. The van der Waals surface area contributed by atoms with Gasteiger partial charge in [-0.15, -0.1) is 0 Å². The van der Waals surface area contributed by atoms with Crippen molar-refractivity contribution in [1.82, 2.24) is 16.0 Å². The van der Waals surface area contributed by atoms with E-state index in [1.165, 1.54) is 0 Å². The fourth-order valence-corrected chi connectivity index (χ4v) is 5.20. The van der Waals surface area contributed by atoms with Gasteiger partial charge in [-0.3, -0.25) is 13.6 Å². The van der Waals surface area contributed by atoms with Crippen LogP contribution in [0.1, 0.15) is 38.5 Å². The molecule has 7 nitrogen and oxygen atoms in total. The Morgan fingerprint density at radius 3 is 1.09 bits per heavy atom. The van der Waals surface area contributed by atoms with Gasteiger partial charge in [0.15, 0.2) is 0 Å². The van der Waals surface area contributed by atoms with Crippen molar-refractivity contribution in [1.29, 1.82) is 0 Å². The highest BCUT2D eigenvalue weighted by Crippen LogP contribution is 2.55. The van der Waals surface area contributed by atoms with Gasteiger partial charge in [-0.25, -0.2) is 4.57 Å². The molecule has 3 heterocycles. The van der Waals surface area contributed by atoms with Crippen LogP contribution in [0.4, 0.5) is 0 Å². The third kappa shape index (κ3) is 5.78. The van der Waals surface area contributed by atoms with E-state index in [0.29, 0.717) is 0 Å². The van der Waals surface area contributed by atoms with E-state index < -0.39 is 7.82 Å². The van der Waals surface area contributed by atoms with Crippen molar-refractivity contribution in [3.05, 3.63) is 0 Å². The molecule has 0 saturated carbocycles. The molecule has 0 aromatic rings. The molecule has 0 bridgehead atoms. The minimum absolute atomic E-state index is 0.0366. The summed E-state index contributed by atoms with van der Waals surface area (Å²) < 4.78 is 31.0. The van der Waals surface area contributed by atoms with Crippen LogP contribution in [0.25, 0.3) is 0 Å². The molecule has 3 saturated heterocycles. The summed E-state index contributed by atoms with van der Waals surface area (Å²) in [4.78, 5) is 0. The first-order valence-electron chi connectivity index (χ1n) is 9.01. The molecule has 3 N–H and O–H groups in total. The second-order valence-corrected chi connectivity index (χ2v) is 8.14. The fourth-order valence-electron chi connectivity index (χ4n) is 3.32. The van der Waals surface area contributed by atoms with Crippen molar-refractivity contribution < 1.29 is 18.1 Å². The molecule has 0 aliphatic carbocycles. The number of rotatable bonds is 6. The van der Waals surface area contributed by atoms with Crippen LogP contribution in [-0.4, -0.2) is 57.6 Å². The van der Waals surface area contributed by atoms with Gasteiger partial charge in [0.2, 0.25) is 0 Å². The molecule has 0 radical (unpaired) electrons. The summed E-state index contributed by atoms with van der Waals surface area (Å²) in [6.07, 6.45) is 5.03. The van der Waals surface area contributed by atoms with Gasteiger partial charge in [-0.2, -0.15) is 0 Å². The maximum Gasteiger partial charge on any atom is 0.475 e. The van der Waals surface area contributed by atoms with E-state index in [1.807, 2.05) is 0 Å². The summed E-state index contributed by atoms with van der Waals surface area (Å²) in [6.45, 7) is 5.37. The van der Waals surface area contributed by atoms with Crippen molar-refractivity contribution in [3.8, 4) is 0 Å². The quantitative estimate of drug-likeness (QED) is 0.627. The van der Waals surface area contributed by atoms with Crippen LogP contribution < -0.4 is 16.0 Å². The second-order valence-electron chi connectivity index (χ2n) is 6.61. The average molecular weight is 347 g/mol. The van der Waals surface area contributed by atoms with Crippen LogP contribution in [0.15, 0.2) is 0 Å². The molecular formula is C15H30N3O4P. The zero-order valence-corrected chi connectivity index (χ0v) is 14.7. The largest absolute Gasteiger partial charge is 0.475 e. The molecule has 0 atom stereocenters. The smallest absolute Gasteiger partial charge is 0.317 e. The van der Waals surface area contributed by atoms with Crippen LogP contribution in [0.3, 0.4) is 0 Å². The Kier molecular flexibility index (Phi) is 6.89. The molecular weight excluding hydrogens is 317 g/mol. The third-order valence-corrected chi connectivity index (χ3v) is 6.36. The highest BCUT2D eigenvalue weighted by molar-refractivity contribution is 7.48. The van der Waals surface area contributed by atoms with Gasteiger partial charge >= 0.3 is 7.82 Å². The summed E-state index contributed by atoms with van der Waals surface area (Å²) in [6, 6.07) is 0. The first kappa shape index (κ1) is 17.8. The normalized spacial score (nSPS) is 26.4. The van der Waals surface area contributed by atoms with Crippen LogP contribution in [0, 0.1) is 0 Å². The van der Waals surface area contributed by atoms with Crippen molar-refractivity contribution in [2.45, 2.75) is 56.8 Å². The van der Waals surface area contributed by atoms with Crippen LogP contribution in [-0.2, 0) is 18.1 Å². The van der Waals surface area contributed by atoms with Crippen molar-refractivity contribution in [3.63, 3.8) is 0 Å². The van der Waals surface area contributed by atoms with Crippen LogP contribution in [0.5, 0.6) is 0 Å². The Balaban J connectivity index is 1.61. The van der Waals surface area contributed by atoms with E-state index >= 15 is 0 Å². The monoisotopic (exact) mass is 347 g/mol. The summed E-state index contributed by atoms with van der Waals surface area (Å²) in [7, 11) is -3.51. The van der Waals surface area contributed by atoms with Gasteiger partial charge < -0.3 is 16.0 Å². The van der Waals surface area contributed by atoms with Gasteiger partial charge in [0.1, 0.15) is 0 Å². The predicted octanol–water partition coefficient (Wildman–Crippen LogP) is 1.40. The Labute approximate surface area is 138 Å². The molecule has 0 amide bonds. The highest BCUT2D eigenvalue weighted by Gasteiger charge is 2.37. The van der Waals surface area contributed by atoms with E-state index in [1.54, 1.807) is 0 Å². The number of phosphoric ester groups is 1. The standard InChI is InChI=1S/C15H30N3O4P/c19-23(20-13-1-7-16-8-2-13,21-14-3-9-17-10-4-14)22-15-5-11-18-12-6-15/h13-18H,1-12H2. The minimum atomic E-state index is -3.51. The number of hydrogen-bond donors (Lipinski definition) is 3. The molecule has 3 rings (SSSR count). The average Bonchev–Trinajstić information content (AvgIpc) is 2.57. The zero-order valence-electron chi connectivity index (χ0n) is 13.8. The Morgan fingerprint density at radius 1 is 0.565 bits per heavy atom. The number of piperidine rings is 3. The zero-order chi connectivity index (χ0) is 16.0. The maximum atomic E-state index is 13.3. The topological polar surface area (TPSA) is 80.9 Å². The maximum absolute atomic E-state index is 13.3. The molecule has 0 aromatic carbocycles. The van der Waals surface area contributed by atoms with Crippen LogP contribution in [0.2, 0.25) is 0 Å². The summed E-state index contributed by atoms with van der Waals surface area (Å²) in [5.74, 6) is 0. The molecule has 0 aromatic heterocycles. The molecule has 134 valence electrons. The minimum Gasteiger partial charge on any atom is -0.317 e. The lowest BCUT2D eigenvalue weighted by molar-refractivity contribution is 0.0108. The highest BCUT2D eigenvalue weighted by atomic mass is 31.2. The lowest BCUT2D eigenvalue weighted by Crippen LogP contribution is -2.36. The van der Waals surface area contributed by atoms with E-state index in [2.05, 4.69) is 16.0 Å². The molecule has 8 heteroatoms. The Bertz CT molecular complexity index is 337. The summed E-state index contributed by atoms with van der Waals surface area (Å²) >= 11 is 0. The fraction of sp³-hybridized carbons (Fsp3) is 1.00. The third-order valence-electron chi connectivity index (χ3n) is 4.69. The Hall–Kier alpha value is -0.0100. The molecule has 3 aliphatic heterocycles. The van der Waals surface area contributed by atoms with E-state index in [4.69, 9.17) is 13.6 Å². The molecule has 3 aliphatic rings. The second kappa shape index (κ2) is 8.90. The van der Waals surface area contributed by atoms with Crippen molar-refractivity contribution >= 4 is 7.82 Å². The van der Waals surface area contributed by atoms with Gasteiger partial charge in [-0.05, 0) is 77.8 Å². The number of phosphoric acid groups is 1. The van der Waals surface area contributed by atoms with Gasteiger partial charge in [0.25, 0.3) is 0 Å². The number of hydrogen-bond acceptors (Lipinski definition) is 7. The lowest BCUT2D eigenvalue weighted by Gasteiger charge is -2.33. The predicted molar refractivity (Wildman–Crippen MR) is 88.5 cm³/mol. The lowest BCUT2D eigenvalue weighted by atomic mass is 10.1. The van der Waals surface area contributed by atoms with E-state index in [9.17, 15) is 4.57 Å². The Morgan fingerprint density at radius 2 is 0.826 bits per heavy atom. The van der Waals surface area contributed by atoms with Crippen LogP contribution >= 0.6 is 7.82 Å². The first-order valence-corrected chi connectivity index (χ1v) is 10.5. The SMILES string of the molecule is O=P(OC1CCNCC1)(OC1CCNCC1)OC1CCNCC1. The molecule has 3 fully saturated rings. The first-order chi connectivity index (χ1) is 11.2. The van der Waals surface area contributed by atoms with Gasteiger partial charge in [0, 0.05) is 0 Å².